The van der Waals surface area contributed by atoms with E-state index in [1.165, 1.54) is 51.0 Å². The Balaban J connectivity index is 0.000000236. The lowest BCUT2D eigenvalue weighted by molar-refractivity contribution is -0.192. The third-order valence-corrected chi connectivity index (χ3v) is 4.14. The third kappa shape index (κ3) is 4.86. The summed E-state index contributed by atoms with van der Waals surface area (Å²) in [5, 5.41) is 10.6. The highest BCUT2D eigenvalue weighted by Gasteiger charge is 2.38. The van der Waals surface area contributed by atoms with Crippen LogP contribution in [0.4, 0.5) is 18.9 Å². The molecule has 4 nitrogen and oxygen atoms in total. The second-order valence-electron chi connectivity index (χ2n) is 5.71. The summed E-state index contributed by atoms with van der Waals surface area (Å²) in [6.45, 7) is 3.62. The van der Waals surface area contributed by atoms with Crippen molar-refractivity contribution in [1.29, 1.82) is 0 Å². The molecule has 1 fully saturated rings. The van der Waals surface area contributed by atoms with E-state index >= 15 is 0 Å². The van der Waals surface area contributed by atoms with Gasteiger partial charge in [-0.25, -0.2) is 4.79 Å². The first-order chi connectivity index (χ1) is 10.9. The number of carboxylic acids is 1. The molecule has 0 amide bonds. The number of halogens is 3. The Morgan fingerprint density at radius 3 is 2.43 bits per heavy atom. The highest BCUT2D eigenvalue weighted by molar-refractivity contribution is 5.73. The quantitative estimate of drug-likeness (QED) is 0.831. The third-order valence-electron chi connectivity index (χ3n) is 4.14. The van der Waals surface area contributed by atoms with Gasteiger partial charge in [-0.2, -0.15) is 13.2 Å². The minimum atomic E-state index is -5.08. The topological polar surface area (TPSA) is 52.6 Å². The average molecular weight is 330 g/mol. The molecule has 1 aromatic rings. The molecule has 0 atom stereocenters. The van der Waals surface area contributed by atoms with Crippen molar-refractivity contribution in [2.45, 2.75) is 37.9 Å². The van der Waals surface area contributed by atoms with E-state index in [1.54, 1.807) is 5.56 Å². The summed E-state index contributed by atoms with van der Waals surface area (Å²) in [4.78, 5) is 11.5. The second kappa shape index (κ2) is 7.68. The fraction of sp³-hybridized carbons (Fsp3) is 0.562. The highest BCUT2D eigenvalue weighted by atomic mass is 19.4. The molecule has 0 spiro atoms. The summed E-state index contributed by atoms with van der Waals surface area (Å²) < 4.78 is 31.7. The second-order valence-corrected chi connectivity index (χ2v) is 5.71. The zero-order valence-electron chi connectivity index (χ0n) is 12.8. The predicted octanol–water partition coefficient (Wildman–Crippen LogP) is 2.82. The maximum absolute atomic E-state index is 10.6. The Kier molecular flexibility index (Phi) is 5.87. The molecule has 0 saturated carbocycles. The molecule has 2 heterocycles. The van der Waals surface area contributed by atoms with E-state index < -0.39 is 12.1 Å². The van der Waals surface area contributed by atoms with Crippen molar-refractivity contribution >= 4 is 11.7 Å². The van der Waals surface area contributed by atoms with Gasteiger partial charge in [0.05, 0.1) is 0 Å². The monoisotopic (exact) mass is 330 g/mol. The van der Waals surface area contributed by atoms with Crippen LogP contribution < -0.4 is 10.2 Å². The summed E-state index contributed by atoms with van der Waals surface area (Å²) in [6, 6.07) is 9.71. The van der Waals surface area contributed by atoms with Crippen molar-refractivity contribution in [2.75, 3.05) is 24.5 Å². The zero-order chi connectivity index (χ0) is 16.9. The van der Waals surface area contributed by atoms with Crippen LogP contribution in [-0.4, -0.2) is 42.9 Å². The summed E-state index contributed by atoms with van der Waals surface area (Å²) in [5.74, 6) is -2.76. The van der Waals surface area contributed by atoms with Crippen molar-refractivity contribution < 1.29 is 23.1 Å². The molecular formula is C16H21F3N2O2. The number of carbonyl (C=O) groups is 1. The number of piperidine rings is 1. The van der Waals surface area contributed by atoms with Crippen LogP contribution in [0.15, 0.2) is 24.3 Å². The Hall–Kier alpha value is -1.76. The number of nitrogens with zero attached hydrogens (tertiary/aromatic N) is 1. The number of anilines is 1. The van der Waals surface area contributed by atoms with Crippen molar-refractivity contribution in [3.05, 3.63) is 29.8 Å². The normalized spacial score (nSPS) is 18.7. The molecule has 23 heavy (non-hydrogen) atoms. The molecule has 1 saturated heterocycles. The molecule has 1 aromatic carbocycles. The van der Waals surface area contributed by atoms with Crippen molar-refractivity contribution in [1.82, 2.24) is 5.32 Å². The average Bonchev–Trinajstić information content (AvgIpc) is 2.55. The first kappa shape index (κ1) is 17.6. The van der Waals surface area contributed by atoms with E-state index in [0.29, 0.717) is 0 Å². The van der Waals surface area contributed by atoms with Crippen LogP contribution in [-0.2, 0) is 11.2 Å². The first-order valence-electron chi connectivity index (χ1n) is 7.75. The minimum Gasteiger partial charge on any atom is -0.475 e. The molecular weight excluding hydrogens is 309 g/mol. The number of hydrogen-bond donors (Lipinski definition) is 2. The number of para-hydroxylation sites is 1. The lowest BCUT2D eigenvalue weighted by Crippen LogP contribution is -2.45. The van der Waals surface area contributed by atoms with Crippen LogP contribution in [0.25, 0.3) is 0 Å². The van der Waals surface area contributed by atoms with Crippen molar-refractivity contribution in [2.24, 2.45) is 0 Å². The molecule has 0 aliphatic carbocycles. The lowest BCUT2D eigenvalue weighted by Gasteiger charge is -2.40. The smallest absolute Gasteiger partial charge is 0.475 e. The Bertz CT molecular complexity index is 528. The molecule has 0 radical (unpaired) electrons. The summed E-state index contributed by atoms with van der Waals surface area (Å²) in [6.07, 6.45) is 0.0985. The number of rotatable bonds is 1. The minimum absolute atomic E-state index is 0.766. The van der Waals surface area contributed by atoms with E-state index in [-0.39, 0.29) is 0 Å². The standard InChI is InChI=1S/C14H20N2.C2HF3O2/c1-2-6-14-12(4-1)5-3-11-16(14)13-7-9-15-10-8-13;3-2(4,5)1(6)7/h1-2,4,6,13,15H,3,5,7-11H2;(H,6,7). The van der Waals surface area contributed by atoms with E-state index in [9.17, 15) is 13.2 Å². The molecule has 3 rings (SSSR count). The van der Waals surface area contributed by atoms with Gasteiger partial charge in [0.15, 0.2) is 0 Å². The summed E-state index contributed by atoms with van der Waals surface area (Å²) in [7, 11) is 0. The number of aryl methyl sites for hydroxylation is 1. The van der Waals surface area contributed by atoms with E-state index in [4.69, 9.17) is 9.90 Å². The number of fused-ring (bicyclic) bond motifs is 1. The number of carboxylic acid groups (broad SMARTS) is 1. The summed E-state index contributed by atoms with van der Waals surface area (Å²) in [5.41, 5.74) is 3.05. The van der Waals surface area contributed by atoms with E-state index in [1.807, 2.05) is 0 Å². The molecule has 2 aliphatic heterocycles. The van der Waals surface area contributed by atoms with Crippen LogP contribution in [0.3, 0.4) is 0 Å². The van der Waals surface area contributed by atoms with Crippen LogP contribution in [0, 0.1) is 0 Å². The number of hydrogen-bond acceptors (Lipinski definition) is 3. The molecule has 0 bridgehead atoms. The molecule has 128 valence electrons. The van der Waals surface area contributed by atoms with Gasteiger partial charge in [-0.1, -0.05) is 18.2 Å². The van der Waals surface area contributed by atoms with Crippen LogP contribution >= 0.6 is 0 Å². The highest BCUT2D eigenvalue weighted by Crippen LogP contribution is 2.30. The number of nitrogens with one attached hydrogen (secondary N) is 1. The SMILES string of the molecule is O=C(O)C(F)(F)F.c1ccc2c(c1)CCCN2C1CCNCC1. The van der Waals surface area contributed by atoms with Gasteiger partial charge < -0.3 is 15.3 Å². The van der Waals surface area contributed by atoms with E-state index in [2.05, 4.69) is 34.5 Å². The lowest BCUT2D eigenvalue weighted by atomic mass is 9.96. The van der Waals surface area contributed by atoms with Crippen LogP contribution in [0.2, 0.25) is 0 Å². The van der Waals surface area contributed by atoms with Gasteiger partial charge in [0.1, 0.15) is 0 Å². The van der Waals surface area contributed by atoms with Gasteiger partial charge in [-0.15, -0.1) is 0 Å². The van der Waals surface area contributed by atoms with Gasteiger partial charge in [0.25, 0.3) is 0 Å². The fourth-order valence-electron chi connectivity index (χ4n) is 3.06. The van der Waals surface area contributed by atoms with Gasteiger partial charge in [-0.05, 0) is 50.4 Å². The number of alkyl halides is 3. The summed E-state index contributed by atoms with van der Waals surface area (Å²) >= 11 is 0. The first-order valence-corrected chi connectivity index (χ1v) is 7.75. The van der Waals surface area contributed by atoms with Crippen molar-refractivity contribution in [3.8, 4) is 0 Å². The molecule has 0 aromatic heterocycles. The van der Waals surface area contributed by atoms with E-state index in [0.717, 1.165) is 6.04 Å². The van der Waals surface area contributed by atoms with Gasteiger partial charge >= 0.3 is 12.1 Å². The Labute approximate surface area is 133 Å². The molecule has 2 N–H and O–H groups in total. The van der Waals surface area contributed by atoms with Gasteiger partial charge in [0, 0.05) is 18.3 Å². The van der Waals surface area contributed by atoms with Gasteiger partial charge in [0.2, 0.25) is 0 Å². The van der Waals surface area contributed by atoms with Crippen LogP contribution in [0.1, 0.15) is 24.8 Å². The number of benzene rings is 1. The molecule has 7 heteroatoms. The Morgan fingerprint density at radius 2 is 1.83 bits per heavy atom. The van der Waals surface area contributed by atoms with Crippen molar-refractivity contribution in [3.63, 3.8) is 0 Å². The number of aliphatic carboxylic acids is 1. The molecule has 0 unspecified atom stereocenters. The Morgan fingerprint density at radius 1 is 1.22 bits per heavy atom. The van der Waals surface area contributed by atoms with Crippen LogP contribution in [0.5, 0.6) is 0 Å². The maximum Gasteiger partial charge on any atom is 0.490 e. The molecule has 2 aliphatic rings. The maximum atomic E-state index is 10.6. The fourth-order valence-corrected chi connectivity index (χ4v) is 3.06. The zero-order valence-corrected chi connectivity index (χ0v) is 12.8. The predicted molar refractivity (Wildman–Crippen MR) is 81.7 cm³/mol. The van der Waals surface area contributed by atoms with Gasteiger partial charge in [-0.3, -0.25) is 0 Å². The largest absolute Gasteiger partial charge is 0.490 e.